The number of carboxylic acids is 1. The van der Waals surface area contributed by atoms with Crippen LogP contribution in [0.4, 0.5) is 4.39 Å². The summed E-state index contributed by atoms with van der Waals surface area (Å²) in [5.74, 6) is -3.50. The van der Waals surface area contributed by atoms with Crippen LogP contribution in [-0.2, 0) is 20.9 Å². The van der Waals surface area contributed by atoms with Crippen LogP contribution < -0.4 is 5.11 Å². The lowest BCUT2D eigenvalue weighted by Gasteiger charge is -2.24. The molecule has 114 valence electrons. The number of benzene rings is 1. The number of carbonyl (C=O) groups is 2. The minimum atomic E-state index is -1.25. The number of carboxylic acid groups (broad SMARTS) is 1. The Morgan fingerprint density at radius 3 is 2.82 bits per heavy atom. The second kappa shape index (κ2) is 4.39. The number of aliphatic carboxylic acids is 1. The third-order valence-electron chi connectivity index (χ3n) is 4.74. The van der Waals surface area contributed by atoms with Gasteiger partial charge in [-0.15, -0.1) is 0 Å². The summed E-state index contributed by atoms with van der Waals surface area (Å²) in [7, 11) is 0. The number of likely N-dealkylation sites (tertiary alicyclic amines) is 1. The van der Waals surface area contributed by atoms with Crippen LogP contribution in [0.2, 0.25) is 0 Å². The number of nitrogens with zero attached hydrogens (tertiary/aromatic N) is 1. The zero-order chi connectivity index (χ0) is 15.5. The highest BCUT2D eigenvalue weighted by molar-refractivity contribution is 5.90. The van der Waals surface area contributed by atoms with Crippen LogP contribution in [0.1, 0.15) is 5.56 Å². The van der Waals surface area contributed by atoms with Crippen molar-refractivity contribution in [3.8, 4) is 0 Å². The fourth-order valence-corrected chi connectivity index (χ4v) is 3.79. The SMILES string of the molecule is O=C([O-])[C@H]1[C@H]2C=C[C@]3(CN(Cc4ccc(F)cc4)C(=O)[C@@H]13)O2. The third-order valence-corrected chi connectivity index (χ3v) is 4.74. The van der Waals surface area contributed by atoms with Gasteiger partial charge in [0.1, 0.15) is 11.4 Å². The fraction of sp³-hybridized carbons (Fsp3) is 0.375. The van der Waals surface area contributed by atoms with Crippen molar-refractivity contribution >= 4 is 11.9 Å². The summed E-state index contributed by atoms with van der Waals surface area (Å²) in [5, 5.41) is 11.3. The Hall–Kier alpha value is -2.21. The summed E-state index contributed by atoms with van der Waals surface area (Å²) in [6, 6.07) is 5.89. The van der Waals surface area contributed by atoms with Gasteiger partial charge in [0.15, 0.2) is 0 Å². The summed E-state index contributed by atoms with van der Waals surface area (Å²) < 4.78 is 18.7. The number of amides is 1. The first-order chi connectivity index (χ1) is 10.5. The molecular weight excluding hydrogens is 289 g/mol. The van der Waals surface area contributed by atoms with Crippen LogP contribution in [0.5, 0.6) is 0 Å². The lowest BCUT2D eigenvalue weighted by atomic mass is 9.77. The second-order valence-corrected chi connectivity index (χ2v) is 6.04. The molecule has 3 aliphatic rings. The van der Waals surface area contributed by atoms with E-state index >= 15 is 0 Å². The Labute approximate surface area is 126 Å². The monoisotopic (exact) mass is 302 g/mol. The number of fused-ring (bicyclic) bond motifs is 1. The molecule has 4 atom stereocenters. The van der Waals surface area contributed by atoms with E-state index in [9.17, 15) is 19.1 Å². The number of hydrogen-bond donors (Lipinski definition) is 0. The average Bonchev–Trinajstić information content (AvgIpc) is 3.10. The summed E-state index contributed by atoms with van der Waals surface area (Å²) in [6.07, 6.45) is 2.92. The van der Waals surface area contributed by atoms with E-state index in [4.69, 9.17) is 4.74 Å². The molecule has 0 unspecified atom stereocenters. The zero-order valence-electron chi connectivity index (χ0n) is 11.6. The summed E-state index contributed by atoms with van der Waals surface area (Å²) >= 11 is 0. The lowest BCUT2D eigenvalue weighted by Crippen LogP contribution is -2.45. The van der Waals surface area contributed by atoms with Crippen LogP contribution in [0.15, 0.2) is 36.4 Å². The van der Waals surface area contributed by atoms with Gasteiger partial charge >= 0.3 is 0 Å². The molecule has 3 aliphatic heterocycles. The van der Waals surface area contributed by atoms with Gasteiger partial charge in [-0.1, -0.05) is 24.3 Å². The summed E-state index contributed by atoms with van der Waals surface area (Å²) in [5.41, 5.74) is -0.0679. The van der Waals surface area contributed by atoms with Crippen LogP contribution in [0.3, 0.4) is 0 Å². The molecule has 1 aromatic carbocycles. The van der Waals surface area contributed by atoms with Crippen molar-refractivity contribution in [2.45, 2.75) is 18.2 Å². The van der Waals surface area contributed by atoms with Gasteiger partial charge in [0.25, 0.3) is 0 Å². The van der Waals surface area contributed by atoms with Gasteiger partial charge in [0, 0.05) is 18.4 Å². The number of ether oxygens (including phenoxy) is 1. The van der Waals surface area contributed by atoms with Crippen LogP contribution in [-0.4, -0.2) is 35.0 Å². The molecule has 0 radical (unpaired) electrons. The van der Waals surface area contributed by atoms with Gasteiger partial charge in [-0.25, -0.2) is 4.39 Å². The minimum absolute atomic E-state index is 0.245. The van der Waals surface area contributed by atoms with Gasteiger partial charge < -0.3 is 19.5 Å². The Bertz CT molecular complexity index is 686. The highest BCUT2D eigenvalue weighted by atomic mass is 19.1. The number of hydrogen-bond acceptors (Lipinski definition) is 4. The fourth-order valence-electron chi connectivity index (χ4n) is 3.79. The van der Waals surface area contributed by atoms with Crippen molar-refractivity contribution in [3.63, 3.8) is 0 Å². The van der Waals surface area contributed by atoms with E-state index in [2.05, 4.69) is 0 Å². The normalized spacial score (nSPS) is 35.2. The molecule has 6 heteroatoms. The van der Waals surface area contributed by atoms with Crippen molar-refractivity contribution in [2.24, 2.45) is 11.8 Å². The van der Waals surface area contributed by atoms with Crippen LogP contribution >= 0.6 is 0 Å². The molecule has 4 rings (SSSR count). The molecule has 1 spiro atoms. The molecule has 1 aromatic rings. The Morgan fingerprint density at radius 2 is 2.14 bits per heavy atom. The maximum atomic E-state index is 12.9. The molecule has 2 fully saturated rings. The maximum Gasteiger partial charge on any atom is 0.230 e. The molecule has 0 saturated carbocycles. The minimum Gasteiger partial charge on any atom is -0.550 e. The van der Waals surface area contributed by atoms with E-state index in [1.807, 2.05) is 0 Å². The summed E-state index contributed by atoms with van der Waals surface area (Å²) in [4.78, 5) is 25.5. The molecule has 3 heterocycles. The maximum absolute atomic E-state index is 12.9. The Balaban J connectivity index is 1.61. The van der Waals surface area contributed by atoms with Gasteiger partial charge in [0.2, 0.25) is 5.91 Å². The predicted octanol–water partition coefficient (Wildman–Crippen LogP) is -0.142. The van der Waals surface area contributed by atoms with Gasteiger partial charge in [-0.2, -0.15) is 0 Å². The van der Waals surface area contributed by atoms with E-state index in [0.29, 0.717) is 13.1 Å². The van der Waals surface area contributed by atoms with E-state index in [1.165, 1.54) is 12.1 Å². The van der Waals surface area contributed by atoms with Crippen molar-refractivity contribution < 1.29 is 23.8 Å². The van der Waals surface area contributed by atoms with Gasteiger partial charge in [-0.3, -0.25) is 4.79 Å². The third kappa shape index (κ3) is 1.73. The van der Waals surface area contributed by atoms with Crippen molar-refractivity contribution in [2.75, 3.05) is 6.54 Å². The molecule has 5 nitrogen and oxygen atoms in total. The Kier molecular flexibility index (Phi) is 2.69. The largest absolute Gasteiger partial charge is 0.550 e. The first-order valence-electron chi connectivity index (χ1n) is 7.11. The molecule has 22 heavy (non-hydrogen) atoms. The van der Waals surface area contributed by atoms with E-state index < -0.39 is 29.5 Å². The smallest absolute Gasteiger partial charge is 0.230 e. The molecular formula is C16H13FNO4-. The number of carbonyl (C=O) groups excluding carboxylic acids is 2. The molecule has 2 bridgehead atoms. The van der Waals surface area contributed by atoms with Crippen molar-refractivity contribution in [3.05, 3.63) is 47.8 Å². The standard InChI is InChI=1S/C16H14FNO4/c17-10-3-1-9(2-4-10)7-18-8-16-6-5-11(22-16)12(15(20)21)13(16)14(18)19/h1-6,11-13H,7-8H2,(H,20,21)/p-1/t11-,12+,13-,16-/m1/s1. The van der Waals surface area contributed by atoms with Crippen molar-refractivity contribution in [1.29, 1.82) is 0 Å². The first-order valence-corrected chi connectivity index (χ1v) is 7.11. The second-order valence-electron chi connectivity index (χ2n) is 6.04. The van der Waals surface area contributed by atoms with E-state index in [1.54, 1.807) is 29.2 Å². The molecule has 2 saturated heterocycles. The zero-order valence-corrected chi connectivity index (χ0v) is 11.6. The Morgan fingerprint density at radius 1 is 1.41 bits per heavy atom. The molecule has 1 amide bonds. The summed E-state index contributed by atoms with van der Waals surface area (Å²) in [6.45, 7) is 0.615. The van der Waals surface area contributed by atoms with E-state index in [0.717, 1.165) is 5.56 Å². The molecule has 0 N–H and O–H groups in total. The number of halogens is 1. The highest BCUT2D eigenvalue weighted by Crippen LogP contribution is 2.51. The quantitative estimate of drug-likeness (QED) is 0.729. The molecule has 0 aromatic heterocycles. The lowest BCUT2D eigenvalue weighted by molar-refractivity contribution is -0.313. The van der Waals surface area contributed by atoms with E-state index in [-0.39, 0.29) is 11.7 Å². The predicted molar refractivity (Wildman–Crippen MR) is 70.5 cm³/mol. The van der Waals surface area contributed by atoms with Crippen LogP contribution in [0.25, 0.3) is 0 Å². The number of rotatable bonds is 3. The topological polar surface area (TPSA) is 69.7 Å². The average molecular weight is 302 g/mol. The molecule has 0 aliphatic carbocycles. The van der Waals surface area contributed by atoms with Gasteiger partial charge in [-0.05, 0) is 17.7 Å². The highest BCUT2D eigenvalue weighted by Gasteiger charge is 2.65. The van der Waals surface area contributed by atoms with Crippen molar-refractivity contribution in [1.82, 2.24) is 4.90 Å². The first kappa shape index (κ1) is 13.5. The van der Waals surface area contributed by atoms with Crippen LogP contribution in [0, 0.1) is 17.7 Å². The van der Waals surface area contributed by atoms with Gasteiger partial charge in [0.05, 0.1) is 18.6 Å².